The van der Waals surface area contributed by atoms with Gasteiger partial charge in [-0.15, -0.1) is 11.3 Å². The lowest BCUT2D eigenvalue weighted by atomic mass is 10.1. The van der Waals surface area contributed by atoms with Gasteiger partial charge in [0.15, 0.2) is 0 Å². The third-order valence-electron chi connectivity index (χ3n) is 3.14. The van der Waals surface area contributed by atoms with E-state index in [1.165, 1.54) is 22.5 Å². The van der Waals surface area contributed by atoms with E-state index in [0.717, 1.165) is 11.1 Å². The normalized spacial score (nSPS) is 17.5. The van der Waals surface area contributed by atoms with Crippen molar-refractivity contribution in [2.45, 2.75) is 24.9 Å². The van der Waals surface area contributed by atoms with Gasteiger partial charge in [-0.1, -0.05) is 6.07 Å². The molecule has 0 aliphatic heterocycles. The Balaban J connectivity index is 1.94. The number of hydrogen-bond acceptors (Lipinski definition) is 4. The van der Waals surface area contributed by atoms with Crippen LogP contribution in [0, 0.1) is 0 Å². The fourth-order valence-corrected chi connectivity index (χ4v) is 3.17. The van der Waals surface area contributed by atoms with E-state index >= 15 is 0 Å². The minimum Gasteiger partial charge on any atom is -0.387 e. The summed E-state index contributed by atoms with van der Waals surface area (Å²) in [4.78, 5) is 4.64. The highest BCUT2D eigenvalue weighted by Gasteiger charge is 2.27. The maximum Gasteiger partial charge on any atom is 0.0969 e. The number of benzene rings is 1. The van der Waals surface area contributed by atoms with E-state index < -0.39 is 6.10 Å². The lowest BCUT2D eigenvalue weighted by Crippen LogP contribution is -2.16. The third kappa shape index (κ3) is 2.20. The first-order valence-corrected chi connectivity index (χ1v) is 6.82. The summed E-state index contributed by atoms with van der Waals surface area (Å²) in [6.07, 6.45) is 2.14. The molecule has 0 amide bonds. The molecule has 0 bridgehead atoms. The van der Waals surface area contributed by atoms with E-state index in [4.69, 9.17) is 0 Å². The van der Waals surface area contributed by atoms with Crippen LogP contribution in [0.5, 0.6) is 0 Å². The fourth-order valence-electron chi connectivity index (χ4n) is 1.98. The predicted octanol–water partition coefficient (Wildman–Crippen LogP) is 2.43. The maximum atomic E-state index is 9.93. The van der Waals surface area contributed by atoms with E-state index in [9.17, 15) is 5.11 Å². The van der Waals surface area contributed by atoms with Crippen LogP contribution in [0.1, 0.15) is 35.4 Å². The largest absolute Gasteiger partial charge is 0.387 e. The average molecular weight is 248 g/mol. The van der Waals surface area contributed by atoms with Crippen LogP contribution in [0.4, 0.5) is 0 Å². The molecule has 0 spiro atoms. The lowest BCUT2D eigenvalue weighted by molar-refractivity contribution is 0.178. The first kappa shape index (κ1) is 11.1. The molecule has 2 aromatic rings. The Morgan fingerprint density at radius 3 is 3.06 bits per heavy atom. The van der Waals surface area contributed by atoms with Crippen molar-refractivity contribution in [1.29, 1.82) is 0 Å². The number of hydrogen-bond donors (Lipinski definition) is 2. The first-order chi connectivity index (χ1) is 8.28. The predicted molar refractivity (Wildman–Crippen MR) is 70.5 cm³/mol. The van der Waals surface area contributed by atoms with Gasteiger partial charge in [0.2, 0.25) is 0 Å². The quantitative estimate of drug-likeness (QED) is 0.873. The van der Waals surface area contributed by atoms with Crippen molar-refractivity contribution in [1.82, 2.24) is 10.3 Å². The van der Waals surface area contributed by atoms with Crippen molar-refractivity contribution in [2.24, 2.45) is 0 Å². The highest BCUT2D eigenvalue weighted by atomic mass is 32.1. The Morgan fingerprint density at radius 1 is 1.53 bits per heavy atom. The van der Waals surface area contributed by atoms with Crippen LogP contribution in [0.3, 0.4) is 0 Å². The summed E-state index contributed by atoms with van der Waals surface area (Å²) in [5.41, 5.74) is 2.04. The molecular weight excluding hydrogens is 232 g/mol. The lowest BCUT2D eigenvalue weighted by Gasteiger charge is -2.09. The molecule has 1 saturated carbocycles. The molecule has 1 atom stereocenters. The number of rotatable bonds is 4. The van der Waals surface area contributed by atoms with E-state index in [0.29, 0.717) is 12.5 Å². The molecule has 1 aromatic heterocycles. The summed E-state index contributed by atoms with van der Waals surface area (Å²) in [6.45, 7) is 0.583. The molecule has 17 heavy (non-hydrogen) atoms. The zero-order chi connectivity index (χ0) is 11.8. The summed E-state index contributed by atoms with van der Waals surface area (Å²) in [6, 6.07) is 6.06. The third-order valence-corrected chi connectivity index (χ3v) is 4.32. The van der Waals surface area contributed by atoms with Gasteiger partial charge in [0, 0.05) is 12.5 Å². The SMILES string of the molecule is CNCC(O)c1ccc2nc(C3CC3)sc2c1. The van der Waals surface area contributed by atoms with Crippen LogP contribution in [0.15, 0.2) is 18.2 Å². The average Bonchev–Trinajstić information content (AvgIpc) is 3.08. The summed E-state index contributed by atoms with van der Waals surface area (Å²) in [7, 11) is 1.85. The highest BCUT2D eigenvalue weighted by molar-refractivity contribution is 7.18. The van der Waals surface area contributed by atoms with Gasteiger partial charge in [0.1, 0.15) is 0 Å². The number of likely N-dealkylation sites (N-methyl/N-ethyl adjacent to an activating group) is 1. The molecule has 90 valence electrons. The van der Waals surface area contributed by atoms with Gasteiger partial charge in [0.05, 0.1) is 21.3 Å². The van der Waals surface area contributed by atoms with E-state index in [1.807, 2.05) is 19.2 Å². The summed E-state index contributed by atoms with van der Waals surface area (Å²) >= 11 is 1.77. The zero-order valence-corrected chi connectivity index (χ0v) is 10.6. The molecule has 1 aliphatic rings. The molecule has 2 N–H and O–H groups in total. The molecule has 0 saturated heterocycles. The molecule has 1 unspecified atom stereocenters. The van der Waals surface area contributed by atoms with Gasteiger partial charge in [-0.25, -0.2) is 4.98 Å². The molecule has 1 fully saturated rings. The van der Waals surface area contributed by atoms with Crippen molar-refractivity contribution in [3.8, 4) is 0 Å². The number of aromatic nitrogens is 1. The van der Waals surface area contributed by atoms with Gasteiger partial charge < -0.3 is 10.4 Å². The second-order valence-electron chi connectivity index (χ2n) is 4.63. The van der Waals surface area contributed by atoms with Crippen LogP contribution in [0.25, 0.3) is 10.2 Å². The summed E-state index contributed by atoms with van der Waals surface area (Å²) in [5.74, 6) is 0.707. The molecule has 0 radical (unpaired) electrons. The number of thiazole rings is 1. The second-order valence-corrected chi connectivity index (χ2v) is 5.69. The molecular formula is C13H16N2OS. The Hall–Kier alpha value is -0.970. The minimum absolute atomic E-state index is 0.434. The fraction of sp³-hybridized carbons (Fsp3) is 0.462. The number of nitrogens with one attached hydrogen (secondary N) is 1. The molecule has 4 heteroatoms. The van der Waals surface area contributed by atoms with E-state index in [-0.39, 0.29) is 0 Å². The topological polar surface area (TPSA) is 45.1 Å². The smallest absolute Gasteiger partial charge is 0.0969 e. The highest BCUT2D eigenvalue weighted by Crippen LogP contribution is 2.43. The van der Waals surface area contributed by atoms with Crippen molar-refractivity contribution < 1.29 is 5.11 Å². The molecule has 1 aromatic carbocycles. The van der Waals surface area contributed by atoms with Crippen molar-refractivity contribution in [2.75, 3.05) is 13.6 Å². The number of aliphatic hydroxyl groups excluding tert-OH is 1. The number of aliphatic hydroxyl groups is 1. The Labute approximate surface area is 105 Å². The van der Waals surface area contributed by atoms with Crippen LogP contribution >= 0.6 is 11.3 Å². The first-order valence-electron chi connectivity index (χ1n) is 6.01. The zero-order valence-electron chi connectivity index (χ0n) is 9.81. The molecule has 1 aliphatic carbocycles. The molecule has 3 nitrogen and oxygen atoms in total. The van der Waals surface area contributed by atoms with Gasteiger partial charge in [0.25, 0.3) is 0 Å². The number of fused-ring (bicyclic) bond motifs is 1. The monoisotopic (exact) mass is 248 g/mol. The van der Waals surface area contributed by atoms with Crippen molar-refractivity contribution in [3.05, 3.63) is 28.8 Å². The Bertz CT molecular complexity index is 533. The van der Waals surface area contributed by atoms with Crippen LogP contribution in [0.2, 0.25) is 0 Å². The van der Waals surface area contributed by atoms with Crippen molar-refractivity contribution in [3.63, 3.8) is 0 Å². The molecule has 3 rings (SSSR count). The van der Waals surface area contributed by atoms with Gasteiger partial charge in [-0.05, 0) is 37.6 Å². The Morgan fingerprint density at radius 2 is 2.35 bits per heavy atom. The standard InChI is InChI=1S/C13H16N2OS/c1-14-7-11(16)9-4-5-10-12(6-9)17-13(15-10)8-2-3-8/h4-6,8,11,14,16H,2-3,7H2,1H3. The number of nitrogens with zero attached hydrogens (tertiary/aromatic N) is 1. The van der Waals surface area contributed by atoms with Gasteiger partial charge >= 0.3 is 0 Å². The summed E-state index contributed by atoms with van der Waals surface area (Å²) in [5, 5.41) is 14.2. The second kappa shape index (κ2) is 4.37. The molecule has 1 heterocycles. The van der Waals surface area contributed by atoms with E-state index in [1.54, 1.807) is 11.3 Å². The van der Waals surface area contributed by atoms with Crippen LogP contribution < -0.4 is 5.32 Å². The summed E-state index contributed by atoms with van der Waals surface area (Å²) < 4.78 is 1.19. The minimum atomic E-state index is -0.434. The van der Waals surface area contributed by atoms with Gasteiger partial charge in [-0.2, -0.15) is 0 Å². The maximum absolute atomic E-state index is 9.93. The van der Waals surface area contributed by atoms with Gasteiger partial charge in [-0.3, -0.25) is 0 Å². The van der Waals surface area contributed by atoms with E-state index in [2.05, 4.69) is 16.4 Å². The Kier molecular flexibility index (Phi) is 2.86. The van der Waals surface area contributed by atoms with Crippen LogP contribution in [-0.4, -0.2) is 23.7 Å². The van der Waals surface area contributed by atoms with Crippen molar-refractivity contribution >= 4 is 21.6 Å². The van der Waals surface area contributed by atoms with Crippen LogP contribution in [-0.2, 0) is 0 Å².